The third-order valence-corrected chi connectivity index (χ3v) is 8.80. The minimum absolute atomic E-state index is 0.0316. The van der Waals surface area contributed by atoms with Crippen LogP contribution < -0.4 is 0 Å². The van der Waals surface area contributed by atoms with Gasteiger partial charge in [-0.1, -0.05) is 167 Å². The highest BCUT2D eigenvalue weighted by molar-refractivity contribution is 7.87. The van der Waals surface area contributed by atoms with Gasteiger partial charge in [0, 0.05) is 0 Å². The lowest BCUT2D eigenvalue weighted by molar-refractivity contribution is -0.147. The van der Waals surface area contributed by atoms with Crippen LogP contribution in [0.4, 0.5) is 0 Å². The van der Waals surface area contributed by atoms with Crippen LogP contribution in [0.5, 0.6) is 0 Å². The van der Waals surface area contributed by atoms with Crippen molar-refractivity contribution in [1.82, 2.24) is 0 Å². The number of carbonyl (C=O) groups is 2. The van der Waals surface area contributed by atoms with Crippen molar-refractivity contribution < 1.29 is 32.4 Å². The number of aliphatic carboxylic acids is 1. The Morgan fingerprint density at radius 3 is 1.07 bits per heavy atom. The van der Waals surface area contributed by atoms with Crippen molar-refractivity contribution >= 4 is 22.1 Å². The van der Waals surface area contributed by atoms with E-state index in [2.05, 4.69) is 6.92 Å². The molecule has 0 aromatic rings. The fourth-order valence-electron chi connectivity index (χ4n) is 5.15. The average Bonchev–Trinajstić information content (AvgIpc) is 2.90. The molecule has 0 saturated heterocycles. The molecule has 0 rings (SSSR count). The topological polar surface area (TPSA) is 118 Å². The monoisotopic (exact) mass is 590 g/mol. The molecular formula is C32H62O7S. The molecule has 0 aromatic heterocycles. The Balaban J connectivity index is 3.30. The number of carboxylic acids is 1. The third-order valence-electron chi connectivity index (χ3n) is 7.72. The van der Waals surface area contributed by atoms with Gasteiger partial charge in [0.05, 0.1) is 13.0 Å². The number of esters is 1. The normalized spacial score (nSPS) is 12.4. The first-order chi connectivity index (χ1) is 19.3. The molecule has 1 atom stereocenters. The Kier molecular flexibility index (Phi) is 27.2. The van der Waals surface area contributed by atoms with Gasteiger partial charge in [-0.25, -0.2) is 0 Å². The number of hydrogen-bond acceptors (Lipinski definition) is 5. The molecule has 0 aliphatic heterocycles. The van der Waals surface area contributed by atoms with Crippen LogP contribution in [-0.2, 0) is 24.4 Å². The summed E-state index contributed by atoms with van der Waals surface area (Å²) in [5.41, 5.74) is 0. The Labute approximate surface area is 246 Å². The average molecular weight is 591 g/mol. The summed E-state index contributed by atoms with van der Waals surface area (Å²) in [4.78, 5) is 22.4. The van der Waals surface area contributed by atoms with Crippen LogP contribution in [0, 0.1) is 0 Å². The van der Waals surface area contributed by atoms with E-state index in [0.717, 1.165) is 19.3 Å². The van der Waals surface area contributed by atoms with Crippen LogP contribution in [0.3, 0.4) is 0 Å². The van der Waals surface area contributed by atoms with Gasteiger partial charge < -0.3 is 9.84 Å². The standard InChI is InChI=1S/C32H62O7S/c1-2-3-4-5-6-7-8-9-10-11-12-13-14-15-16-17-18-19-20-21-22-23-24-25-26-27-28-39-32(35)30(29-31(33)34)40(36,37)38/h30H,2-29H2,1H3,(H,33,34)(H,36,37,38). The van der Waals surface area contributed by atoms with Crippen molar-refractivity contribution in [3.63, 3.8) is 0 Å². The highest BCUT2D eigenvalue weighted by Crippen LogP contribution is 2.16. The summed E-state index contributed by atoms with van der Waals surface area (Å²) in [5, 5.41) is 6.63. The summed E-state index contributed by atoms with van der Waals surface area (Å²) in [6.45, 7) is 2.31. The fraction of sp³-hybridized carbons (Fsp3) is 0.938. The van der Waals surface area contributed by atoms with E-state index in [9.17, 15) is 18.0 Å². The van der Waals surface area contributed by atoms with E-state index in [-0.39, 0.29) is 6.61 Å². The Morgan fingerprint density at radius 2 is 0.825 bits per heavy atom. The zero-order valence-corrected chi connectivity index (χ0v) is 26.5. The van der Waals surface area contributed by atoms with E-state index in [4.69, 9.17) is 14.4 Å². The molecule has 0 radical (unpaired) electrons. The van der Waals surface area contributed by atoms with Gasteiger partial charge in [0.1, 0.15) is 0 Å². The van der Waals surface area contributed by atoms with E-state index in [1.165, 1.54) is 141 Å². The number of rotatable bonds is 31. The van der Waals surface area contributed by atoms with Gasteiger partial charge >= 0.3 is 11.9 Å². The minimum Gasteiger partial charge on any atom is -0.481 e. The van der Waals surface area contributed by atoms with E-state index < -0.39 is 33.7 Å². The van der Waals surface area contributed by atoms with Crippen molar-refractivity contribution in [3.05, 3.63) is 0 Å². The highest BCUT2D eigenvalue weighted by Gasteiger charge is 2.34. The molecule has 0 aliphatic carbocycles. The first kappa shape index (κ1) is 38.9. The van der Waals surface area contributed by atoms with Crippen LogP contribution in [-0.4, -0.2) is 41.9 Å². The second-order valence-electron chi connectivity index (χ2n) is 11.6. The van der Waals surface area contributed by atoms with Crippen molar-refractivity contribution in [2.75, 3.05) is 6.61 Å². The molecular weight excluding hydrogens is 528 g/mol. The molecule has 0 heterocycles. The first-order valence-electron chi connectivity index (χ1n) is 16.6. The molecule has 0 bridgehead atoms. The van der Waals surface area contributed by atoms with Crippen molar-refractivity contribution in [1.29, 1.82) is 0 Å². The van der Waals surface area contributed by atoms with Crippen molar-refractivity contribution in [2.45, 2.75) is 186 Å². The van der Waals surface area contributed by atoms with Crippen LogP contribution in [0.15, 0.2) is 0 Å². The molecule has 0 amide bonds. The summed E-state index contributed by atoms with van der Waals surface area (Å²) in [6.07, 6.45) is 33.1. The van der Waals surface area contributed by atoms with Crippen molar-refractivity contribution in [3.8, 4) is 0 Å². The summed E-state index contributed by atoms with van der Waals surface area (Å²) < 4.78 is 36.2. The number of unbranched alkanes of at least 4 members (excludes halogenated alkanes) is 25. The minimum atomic E-state index is -4.80. The predicted octanol–water partition coefficient (Wildman–Crippen LogP) is 9.42. The maximum atomic E-state index is 11.7. The van der Waals surface area contributed by atoms with Crippen LogP contribution in [0.25, 0.3) is 0 Å². The lowest BCUT2D eigenvalue weighted by atomic mass is 10.0. The summed E-state index contributed by atoms with van der Waals surface area (Å²) in [5.74, 6) is -2.69. The van der Waals surface area contributed by atoms with E-state index in [1.807, 2.05) is 0 Å². The maximum absolute atomic E-state index is 11.7. The number of hydrogen-bond donors (Lipinski definition) is 2. The molecule has 1 unspecified atom stereocenters. The van der Waals surface area contributed by atoms with Crippen LogP contribution >= 0.6 is 0 Å². The molecule has 0 aliphatic rings. The van der Waals surface area contributed by atoms with Crippen molar-refractivity contribution in [2.24, 2.45) is 0 Å². The van der Waals surface area contributed by atoms with E-state index >= 15 is 0 Å². The van der Waals surface area contributed by atoms with Gasteiger partial charge in [0.25, 0.3) is 10.1 Å². The smallest absolute Gasteiger partial charge is 0.327 e. The van der Waals surface area contributed by atoms with Gasteiger partial charge in [-0.3, -0.25) is 14.1 Å². The zero-order chi connectivity index (χ0) is 29.7. The second kappa shape index (κ2) is 28.0. The number of ether oxygens (including phenoxy) is 1. The third kappa shape index (κ3) is 27.0. The lowest BCUT2D eigenvalue weighted by Crippen LogP contribution is -2.34. The Bertz CT molecular complexity index is 693. The van der Waals surface area contributed by atoms with Gasteiger partial charge in [0.15, 0.2) is 5.25 Å². The van der Waals surface area contributed by atoms with Crippen LogP contribution in [0.2, 0.25) is 0 Å². The largest absolute Gasteiger partial charge is 0.481 e. The zero-order valence-electron chi connectivity index (χ0n) is 25.7. The van der Waals surface area contributed by atoms with Gasteiger partial charge in [-0.2, -0.15) is 8.42 Å². The Hall–Kier alpha value is -1.15. The molecule has 2 N–H and O–H groups in total. The SMILES string of the molecule is CCCCCCCCCCCCCCCCCCCCCCCCCCCCOC(=O)C(CC(=O)O)S(=O)(=O)O. The molecule has 8 heteroatoms. The van der Waals surface area contributed by atoms with Gasteiger partial charge in [0.2, 0.25) is 0 Å². The van der Waals surface area contributed by atoms with E-state index in [0.29, 0.717) is 6.42 Å². The maximum Gasteiger partial charge on any atom is 0.327 e. The molecule has 238 valence electrons. The molecule has 0 saturated carbocycles. The molecule has 0 aromatic carbocycles. The van der Waals surface area contributed by atoms with Gasteiger partial charge in [-0.15, -0.1) is 0 Å². The lowest BCUT2D eigenvalue weighted by Gasteiger charge is -2.11. The van der Waals surface area contributed by atoms with Gasteiger partial charge in [-0.05, 0) is 6.42 Å². The summed E-state index contributed by atoms with van der Waals surface area (Å²) in [6, 6.07) is 0. The molecule has 0 fully saturated rings. The summed E-state index contributed by atoms with van der Waals surface area (Å²) in [7, 11) is -4.80. The fourth-order valence-corrected chi connectivity index (χ4v) is 5.82. The highest BCUT2D eigenvalue weighted by atomic mass is 32.2. The molecule has 40 heavy (non-hydrogen) atoms. The number of carboxylic acid groups (broad SMARTS) is 1. The van der Waals surface area contributed by atoms with Crippen LogP contribution in [0.1, 0.15) is 180 Å². The second-order valence-corrected chi connectivity index (χ2v) is 13.2. The number of carbonyl (C=O) groups excluding carboxylic acids is 1. The first-order valence-corrected chi connectivity index (χ1v) is 18.1. The van der Waals surface area contributed by atoms with E-state index in [1.54, 1.807) is 0 Å². The molecule has 7 nitrogen and oxygen atoms in total. The summed E-state index contributed by atoms with van der Waals surface area (Å²) >= 11 is 0. The molecule has 0 spiro atoms. The quantitative estimate of drug-likeness (QED) is 0.0469. The Morgan fingerprint density at radius 1 is 0.550 bits per heavy atom. The predicted molar refractivity (Wildman–Crippen MR) is 164 cm³/mol.